The van der Waals surface area contributed by atoms with Gasteiger partial charge in [0, 0.05) is 11.9 Å². The molecule has 0 radical (unpaired) electrons. The zero-order valence-electron chi connectivity index (χ0n) is 4.78. The maximum Gasteiger partial charge on any atom is 0.0731 e. The Balaban J connectivity index is 2.95. The van der Waals surface area contributed by atoms with Crippen LogP contribution in [-0.2, 0) is 0 Å². The predicted molar refractivity (Wildman–Crippen MR) is 38.1 cm³/mol. The van der Waals surface area contributed by atoms with Gasteiger partial charge in [0.2, 0.25) is 0 Å². The van der Waals surface area contributed by atoms with Gasteiger partial charge in [-0.25, -0.2) is 0 Å². The van der Waals surface area contributed by atoms with E-state index in [2.05, 4.69) is 27.8 Å². The molecule has 3 heteroatoms. The molecular formula is C6H5N3. The number of nitrogens with zero attached hydrogens (tertiary/aromatic N) is 3. The van der Waals surface area contributed by atoms with E-state index in [0.717, 1.165) is 5.70 Å². The first-order valence-corrected chi connectivity index (χ1v) is 2.42. The molecular weight excluding hydrogens is 114 g/mol. The topological polar surface area (TPSA) is 37.1 Å². The molecule has 0 N–H and O–H groups in total. The number of hydrogen-bond acceptors (Lipinski definition) is 3. The van der Waals surface area contributed by atoms with Crippen LogP contribution in [0.2, 0.25) is 0 Å². The number of rotatable bonds is 1. The molecule has 0 bridgehead atoms. The third-order valence-corrected chi connectivity index (χ3v) is 0.822. The van der Waals surface area contributed by atoms with Crippen LogP contribution in [0.3, 0.4) is 0 Å². The summed E-state index contributed by atoms with van der Waals surface area (Å²) in [5.74, 6) is 2.55. The van der Waals surface area contributed by atoms with Crippen molar-refractivity contribution in [3.05, 3.63) is 17.8 Å². The van der Waals surface area contributed by atoms with Crippen molar-refractivity contribution < 1.29 is 0 Å². The second-order valence-corrected chi connectivity index (χ2v) is 1.39. The molecule has 3 nitrogen and oxygen atoms in total. The second-order valence-electron chi connectivity index (χ2n) is 1.39. The van der Waals surface area contributed by atoms with E-state index in [9.17, 15) is 0 Å². The highest BCUT2D eigenvalue weighted by atomic mass is 15.2. The molecule has 0 fully saturated rings. The Kier molecular flexibility index (Phi) is 1.73. The third kappa shape index (κ3) is 1.48. The average molecular weight is 119 g/mol. The molecule has 0 aromatic rings. The zero-order valence-corrected chi connectivity index (χ0v) is 4.78. The van der Waals surface area contributed by atoms with Gasteiger partial charge in [0.1, 0.15) is 0 Å². The first-order chi connectivity index (χ1) is 4.43. The minimum Gasteiger partial charge on any atom is -0.264 e. The summed E-state index contributed by atoms with van der Waals surface area (Å²) in [7, 11) is 0. The molecule has 0 aliphatic carbocycles. The van der Waals surface area contributed by atoms with Crippen LogP contribution in [0.15, 0.2) is 33.0 Å². The zero-order chi connectivity index (χ0) is 6.53. The van der Waals surface area contributed by atoms with E-state index in [4.69, 9.17) is 0 Å². The molecule has 1 aliphatic heterocycles. The predicted octanol–water partition coefficient (Wildman–Crippen LogP) is 0.796. The Labute approximate surface area is 52.8 Å². The fourth-order valence-electron chi connectivity index (χ4n) is 0.418. The van der Waals surface area contributed by atoms with Crippen LogP contribution in [0, 0.1) is 0 Å². The highest BCUT2D eigenvalue weighted by Gasteiger charge is 1.82. The average Bonchev–Trinajstić information content (AvgIpc) is 2.13. The van der Waals surface area contributed by atoms with E-state index in [1.54, 1.807) is 18.4 Å². The lowest BCUT2D eigenvalue weighted by Crippen LogP contribution is -1.69. The number of aliphatic imine (C=N–C) groups is 1. The minimum atomic E-state index is 0.722. The lowest BCUT2D eigenvalue weighted by Gasteiger charge is -1.80. The van der Waals surface area contributed by atoms with Gasteiger partial charge in [0.05, 0.1) is 11.9 Å². The van der Waals surface area contributed by atoms with Gasteiger partial charge in [-0.1, -0.05) is 0 Å². The molecule has 1 aliphatic rings. The molecule has 0 amide bonds. The molecule has 9 heavy (non-hydrogen) atoms. The normalized spacial score (nSPS) is 14.9. The fraction of sp³-hybridized carbons (Fsp3) is 0. The molecule has 0 saturated carbocycles. The Morgan fingerprint density at radius 3 is 3.33 bits per heavy atom. The van der Waals surface area contributed by atoms with Crippen molar-refractivity contribution in [3.8, 4) is 0 Å². The van der Waals surface area contributed by atoms with Crippen molar-refractivity contribution >= 4 is 18.8 Å². The van der Waals surface area contributed by atoms with E-state index < -0.39 is 0 Å². The van der Waals surface area contributed by atoms with Gasteiger partial charge in [-0.3, -0.25) is 4.99 Å². The lowest BCUT2D eigenvalue weighted by atomic mass is 10.4. The molecule has 0 atom stereocenters. The largest absolute Gasteiger partial charge is 0.264 e. The van der Waals surface area contributed by atoms with E-state index >= 15 is 0 Å². The number of hydrogen-bond donors (Lipinski definition) is 0. The first kappa shape index (κ1) is 5.66. The minimum absolute atomic E-state index is 0.722. The van der Waals surface area contributed by atoms with E-state index in [1.165, 1.54) is 0 Å². The summed E-state index contributed by atoms with van der Waals surface area (Å²) >= 11 is 0. The highest BCUT2D eigenvalue weighted by molar-refractivity contribution is 5.76. The quantitative estimate of drug-likeness (QED) is 0.458. The van der Waals surface area contributed by atoms with Crippen LogP contribution in [0.1, 0.15) is 0 Å². The summed E-state index contributed by atoms with van der Waals surface area (Å²) < 4.78 is 0. The van der Waals surface area contributed by atoms with Gasteiger partial charge in [0.25, 0.3) is 0 Å². The summed E-state index contributed by atoms with van der Waals surface area (Å²) in [6.07, 6.45) is 4.86. The van der Waals surface area contributed by atoms with Crippen LogP contribution in [-0.4, -0.2) is 18.8 Å². The van der Waals surface area contributed by atoms with Gasteiger partial charge in [-0.15, -0.1) is 5.10 Å². The molecule has 0 aromatic heterocycles. The smallest absolute Gasteiger partial charge is 0.0731 e. The summed E-state index contributed by atoms with van der Waals surface area (Å²) in [6.45, 7) is 3.33. The third-order valence-electron chi connectivity index (χ3n) is 0.822. The Morgan fingerprint density at radius 2 is 2.56 bits per heavy atom. The van der Waals surface area contributed by atoms with E-state index in [1.807, 2.05) is 0 Å². The molecule has 1 rings (SSSR count). The summed E-state index contributed by atoms with van der Waals surface area (Å²) in [5, 5.41) is 7.06. The van der Waals surface area contributed by atoms with Gasteiger partial charge < -0.3 is 0 Å². The van der Waals surface area contributed by atoms with Gasteiger partial charge >= 0.3 is 0 Å². The van der Waals surface area contributed by atoms with Crippen LogP contribution >= 0.6 is 0 Å². The highest BCUT2D eigenvalue weighted by Crippen LogP contribution is 1.94. The van der Waals surface area contributed by atoms with Crippen LogP contribution in [0.4, 0.5) is 0 Å². The van der Waals surface area contributed by atoms with Gasteiger partial charge in [-0.05, 0) is 12.8 Å². The summed E-state index contributed by atoms with van der Waals surface area (Å²) in [4.78, 5) is 3.65. The molecule has 0 saturated heterocycles. The van der Waals surface area contributed by atoms with Crippen molar-refractivity contribution in [2.24, 2.45) is 15.2 Å². The molecule has 0 spiro atoms. The molecule has 0 aromatic carbocycles. The van der Waals surface area contributed by atoms with Crippen molar-refractivity contribution in [2.45, 2.75) is 0 Å². The van der Waals surface area contributed by atoms with Crippen molar-refractivity contribution in [2.75, 3.05) is 0 Å². The molecule has 1 heterocycles. The Hall–Kier alpha value is -1.47. The second kappa shape index (κ2) is 2.74. The van der Waals surface area contributed by atoms with Crippen LogP contribution < -0.4 is 0 Å². The van der Waals surface area contributed by atoms with Crippen molar-refractivity contribution in [3.63, 3.8) is 0 Å². The van der Waals surface area contributed by atoms with E-state index in [-0.39, 0.29) is 0 Å². The summed E-state index contributed by atoms with van der Waals surface area (Å²) in [5.41, 5.74) is 0.722. The fourth-order valence-corrected chi connectivity index (χ4v) is 0.418. The Bertz CT molecular complexity index is 229. The summed E-state index contributed by atoms with van der Waals surface area (Å²) in [6, 6.07) is 0. The van der Waals surface area contributed by atoms with E-state index in [0.29, 0.717) is 0 Å². The standard InChI is InChI=1S/C6H5N3/c1-7-6-2-4-8-9-5-3-6/h2-4H,1H2. The SMILES string of the molecule is C=NC1=CC=NN=C=C1. The van der Waals surface area contributed by atoms with Crippen LogP contribution in [0.5, 0.6) is 0 Å². The van der Waals surface area contributed by atoms with Crippen LogP contribution in [0.25, 0.3) is 0 Å². The molecule has 0 unspecified atom stereocenters. The Morgan fingerprint density at radius 1 is 1.67 bits per heavy atom. The number of allylic oxidation sites excluding steroid dienone is 2. The maximum absolute atomic E-state index is 3.65. The monoisotopic (exact) mass is 119 g/mol. The first-order valence-electron chi connectivity index (χ1n) is 2.42. The van der Waals surface area contributed by atoms with Crippen molar-refractivity contribution in [1.82, 2.24) is 0 Å². The molecule has 44 valence electrons. The van der Waals surface area contributed by atoms with Gasteiger partial charge in [-0.2, -0.15) is 5.10 Å². The van der Waals surface area contributed by atoms with Gasteiger partial charge in [0.15, 0.2) is 0 Å². The van der Waals surface area contributed by atoms with Crippen molar-refractivity contribution in [1.29, 1.82) is 0 Å². The lowest BCUT2D eigenvalue weighted by molar-refractivity contribution is 1.28. The maximum atomic E-state index is 3.65.